The average Bonchev–Trinajstić information content (AvgIpc) is 2.15. The molecule has 0 aromatic heterocycles. The minimum atomic E-state index is -3.06. The maximum atomic E-state index is 11.5. The second-order valence-electron chi connectivity index (χ2n) is 5.37. The number of aliphatic hydroxyl groups is 1. The molecular weight excluding hydrogens is 226 g/mol. The van der Waals surface area contributed by atoms with E-state index in [0.717, 1.165) is 25.7 Å². The molecule has 4 nitrogen and oxygen atoms in total. The molecule has 1 saturated carbocycles. The molecule has 1 aliphatic rings. The van der Waals surface area contributed by atoms with E-state index < -0.39 is 14.6 Å². The Hall–Kier alpha value is -0.130. The normalized spacial score (nSPS) is 28.0. The molecule has 0 amide bonds. The van der Waals surface area contributed by atoms with E-state index in [0.29, 0.717) is 6.54 Å². The highest BCUT2D eigenvalue weighted by molar-refractivity contribution is 7.92. The lowest BCUT2D eigenvalue weighted by atomic mass is 9.92. The van der Waals surface area contributed by atoms with Crippen molar-refractivity contribution in [3.63, 3.8) is 0 Å². The zero-order valence-electron chi connectivity index (χ0n) is 10.4. The van der Waals surface area contributed by atoms with Crippen molar-refractivity contribution < 1.29 is 13.5 Å². The summed E-state index contributed by atoms with van der Waals surface area (Å²) in [6.45, 7) is 3.82. The third-order valence-corrected chi connectivity index (χ3v) is 5.68. The largest absolute Gasteiger partial charge is 0.392 e. The fourth-order valence-electron chi connectivity index (χ4n) is 1.86. The van der Waals surface area contributed by atoms with Gasteiger partial charge in [-0.15, -0.1) is 0 Å². The molecule has 0 aliphatic heterocycles. The Kier molecular flexibility index (Phi) is 4.37. The van der Waals surface area contributed by atoms with Crippen molar-refractivity contribution >= 4 is 9.84 Å². The van der Waals surface area contributed by atoms with Gasteiger partial charge < -0.3 is 10.4 Å². The minimum absolute atomic E-state index is 0.0507. The van der Waals surface area contributed by atoms with Crippen molar-refractivity contribution in [2.24, 2.45) is 0 Å². The van der Waals surface area contributed by atoms with E-state index >= 15 is 0 Å². The lowest BCUT2D eigenvalue weighted by Gasteiger charge is -2.32. The van der Waals surface area contributed by atoms with Gasteiger partial charge in [0.15, 0.2) is 9.84 Å². The molecule has 1 rings (SSSR count). The lowest BCUT2D eigenvalue weighted by Crippen LogP contribution is -2.49. The van der Waals surface area contributed by atoms with Gasteiger partial charge in [-0.25, -0.2) is 8.42 Å². The van der Waals surface area contributed by atoms with E-state index in [4.69, 9.17) is 0 Å². The van der Waals surface area contributed by atoms with Gasteiger partial charge in [0.25, 0.3) is 0 Å². The second-order valence-corrected chi connectivity index (χ2v) is 8.02. The zero-order chi connectivity index (χ0) is 12.4. The smallest absolute Gasteiger partial charge is 0.153 e. The van der Waals surface area contributed by atoms with Crippen molar-refractivity contribution in [3.8, 4) is 0 Å². The molecule has 0 aromatic carbocycles. The predicted octanol–water partition coefficient (Wildman–Crippen LogP) is 0.703. The summed E-state index contributed by atoms with van der Waals surface area (Å²) in [4.78, 5) is 0. The Morgan fingerprint density at radius 3 is 2.38 bits per heavy atom. The zero-order valence-corrected chi connectivity index (χ0v) is 11.2. The number of hydrogen-bond acceptors (Lipinski definition) is 4. The van der Waals surface area contributed by atoms with E-state index in [9.17, 15) is 13.5 Å². The van der Waals surface area contributed by atoms with Gasteiger partial charge in [0.2, 0.25) is 0 Å². The van der Waals surface area contributed by atoms with Crippen LogP contribution < -0.4 is 5.32 Å². The molecule has 0 saturated heterocycles. The average molecular weight is 249 g/mol. The summed E-state index contributed by atoms with van der Waals surface area (Å²) < 4.78 is 22.2. The minimum Gasteiger partial charge on any atom is -0.392 e. The van der Waals surface area contributed by atoms with Gasteiger partial charge in [-0.1, -0.05) is 12.8 Å². The van der Waals surface area contributed by atoms with Gasteiger partial charge in [0.1, 0.15) is 0 Å². The Balaban J connectivity index is 2.50. The molecule has 2 unspecified atom stereocenters. The summed E-state index contributed by atoms with van der Waals surface area (Å²) in [5.41, 5.74) is 0. The van der Waals surface area contributed by atoms with Crippen LogP contribution in [0.15, 0.2) is 0 Å². The fourth-order valence-corrected chi connectivity index (χ4v) is 2.20. The first kappa shape index (κ1) is 13.9. The summed E-state index contributed by atoms with van der Waals surface area (Å²) in [7, 11) is -3.06. The van der Waals surface area contributed by atoms with Crippen LogP contribution in [0.2, 0.25) is 0 Å². The van der Waals surface area contributed by atoms with Gasteiger partial charge in [-0.3, -0.25) is 0 Å². The van der Waals surface area contributed by atoms with Crippen molar-refractivity contribution in [2.75, 3.05) is 12.8 Å². The molecule has 0 radical (unpaired) electrons. The maximum absolute atomic E-state index is 11.5. The number of hydrogen-bond donors (Lipinski definition) is 2. The van der Waals surface area contributed by atoms with Crippen molar-refractivity contribution in [2.45, 2.75) is 56.4 Å². The molecule has 0 spiro atoms. The summed E-state index contributed by atoms with van der Waals surface area (Å²) in [6, 6.07) is 0.0507. The highest BCUT2D eigenvalue weighted by Crippen LogP contribution is 2.20. The number of rotatable bonds is 4. The van der Waals surface area contributed by atoms with E-state index in [1.807, 2.05) is 0 Å². The van der Waals surface area contributed by atoms with Crippen LogP contribution in [0.25, 0.3) is 0 Å². The summed E-state index contributed by atoms with van der Waals surface area (Å²) in [6.07, 6.45) is 4.84. The van der Waals surface area contributed by atoms with Crippen LogP contribution in [-0.4, -0.2) is 43.2 Å². The molecule has 1 fully saturated rings. The Labute approximate surface area is 98.4 Å². The first-order valence-electron chi connectivity index (χ1n) is 5.85. The van der Waals surface area contributed by atoms with Crippen LogP contribution in [-0.2, 0) is 9.84 Å². The monoisotopic (exact) mass is 249 g/mol. The second kappa shape index (κ2) is 5.02. The van der Waals surface area contributed by atoms with Gasteiger partial charge >= 0.3 is 0 Å². The third-order valence-electron chi connectivity index (χ3n) is 3.52. The topological polar surface area (TPSA) is 66.4 Å². The molecule has 2 atom stereocenters. The Morgan fingerprint density at radius 2 is 1.88 bits per heavy atom. The van der Waals surface area contributed by atoms with Crippen LogP contribution in [0, 0.1) is 0 Å². The van der Waals surface area contributed by atoms with Crippen molar-refractivity contribution in [1.82, 2.24) is 5.32 Å². The fraction of sp³-hybridized carbons (Fsp3) is 1.00. The molecule has 0 heterocycles. The lowest BCUT2D eigenvalue weighted by molar-refractivity contribution is 0.0901. The first-order chi connectivity index (χ1) is 7.24. The number of nitrogens with one attached hydrogen (secondary N) is 1. The van der Waals surface area contributed by atoms with Gasteiger partial charge in [-0.05, 0) is 26.7 Å². The Morgan fingerprint density at radius 1 is 1.31 bits per heavy atom. The molecule has 5 heteroatoms. The molecule has 16 heavy (non-hydrogen) atoms. The highest BCUT2D eigenvalue weighted by Gasteiger charge is 2.32. The molecule has 0 bridgehead atoms. The summed E-state index contributed by atoms with van der Waals surface area (Å²) in [5.74, 6) is 0. The van der Waals surface area contributed by atoms with E-state index in [-0.39, 0.29) is 12.1 Å². The van der Waals surface area contributed by atoms with Gasteiger partial charge in [0, 0.05) is 18.8 Å². The molecule has 1 aliphatic carbocycles. The predicted molar refractivity (Wildman–Crippen MR) is 65.2 cm³/mol. The van der Waals surface area contributed by atoms with E-state index in [1.54, 1.807) is 13.8 Å². The standard InChI is InChI=1S/C11H23NO3S/c1-11(2,16(3,14)15)8-12-9-6-4-5-7-10(9)13/h9-10,12-13H,4-8H2,1-3H3. The van der Waals surface area contributed by atoms with Crippen LogP contribution in [0.3, 0.4) is 0 Å². The number of aliphatic hydroxyl groups excluding tert-OH is 1. The SMILES string of the molecule is CC(C)(CNC1CCCCC1O)S(C)(=O)=O. The summed E-state index contributed by atoms with van der Waals surface area (Å²) in [5, 5.41) is 12.9. The molecular formula is C11H23NO3S. The van der Waals surface area contributed by atoms with Crippen LogP contribution in [0.1, 0.15) is 39.5 Å². The van der Waals surface area contributed by atoms with Crippen molar-refractivity contribution in [3.05, 3.63) is 0 Å². The maximum Gasteiger partial charge on any atom is 0.153 e. The molecule has 0 aromatic rings. The first-order valence-corrected chi connectivity index (χ1v) is 7.74. The number of sulfone groups is 1. The quantitative estimate of drug-likeness (QED) is 0.770. The van der Waals surface area contributed by atoms with Crippen LogP contribution in [0.4, 0.5) is 0 Å². The molecule has 96 valence electrons. The van der Waals surface area contributed by atoms with Gasteiger partial charge in [-0.2, -0.15) is 0 Å². The van der Waals surface area contributed by atoms with Crippen LogP contribution in [0.5, 0.6) is 0 Å². The van der Waals surface area contributed by atoms with E-state index in [1.165, 1.54) is 6.26 Å². The summed E-state index contributed by atoms with van der Waals surface area (Å²) >= 11 is 0. The van der Waals surface area contributed by atoms with Crippen molar-refractivity contribution in [1.29, 1.82) is 0 Å². The van der Waals surface area contributed by atoms with E-state index in [2.05, 4.69) is 5.32 Å². The molecule has 2 N–H and O–H groups in total. The van der Waals surface area contributed by atoms with Crippen LogP contribution >= 0.6 is 0 Å². The highest BCUT2D eigenvalue weighted by atomic mass is 32.2. The Bertz CT molecular complexity index is 324. The third kappa shape index (κ3) is 3.43. The van der Waals surface area contributed by atoms with Gasteiger partial charge in [0.05, 0.1) is 10.9 Å².